The second-order valence-electron chi connectivity index (χ2n) is 3.41. The molecule has 0 saturated carbocycles. The first-order valence-electron chi connectivity index (χ1n) is 5.07. The number of rotatable bonds is 5. The Balaban J connectivity index is 2.78. The Morgan fingerprint density at radius 1 is 1.40 bits per heavy atom. The van der Waals surface area contributed by atoms with Crippen LogP contribution in [0.1, 0.15) is 37.8 Å². The van der Waals surface area contributed by atoms with Gasteiger partial charge in [-0.05, 0) is 29.6 Å². The van der Waals surface area contributed by atoms with E-state index in [9.17, 15) is 4.39 Å². The maximum Gasteiger partial charge on any atom is 0.123 e. The van der Waals surface area contributed by atoms with Crippen molar-refractivity contribution in [1.29, 1.82) is 0 Å². The lowest BCUT2D eigenvalue weighted by Crippen LogP contribution is -1.94. The van der Waals surface area contributed by atoms with E-state index in [4.69, 9.17) is 5.53 Å². The molecule has 1 aromatic carbocycles. The van der Waals surface area contributed by atoms with Crippen LogP contribution in [0.2, 0.25) is 0 Å². The van der Waals surface area contributed by atoms with E-state index < -0.39 is 0 Å². The van der Waals surface area contributed by atoms with Crippen LogP contribution in [0.4, 0.5) is 4.39 Å². The number of hydrogen-bond acceptors (Lipinski definition) is 1. The smallest absolute Gasteiger partial charge is 0.123 e. The second-order valence-corrected chi connectivity index (χ2v) is 3.41. The van der Waals surface area contributed by atoms with E-state index in [2.05, 4.69) is 16.9 Å². The van der Waals surface area contributed by atoms with E-state index >= 15 is 0 Å². The van der Waals surface area contributed by atoms with Gasteiger partial charge in [0.15, 0.2) is 0 Å². The van der Waals surface area contributed by atoms with E-state index in [-0.39, 0.29) is 11.9 Å². The SMILES string of the molecule is CCCC[C@H](N=[N+]=[N-])c1ccc(F)cc1. The van der Waals surface area contributed by atoms with E-state index in [1.165, 1.54) is 12.1 Å². The molecule has 0 bridgehead atoms. The van der Waals surface area contributed by atoms with Gasteiger partial charge in [-0.2, -0.15) is 0 Å². The number of halogens is 1. The minimum absolute atomic E-state index is 0.171. The van der Waals surface area contributed by atoms with Gasteiger partial charge in [-0.1, -0.05) is 37.0 Å². The lowest BCUT2D eigenvalue weighted by molar-refractivity contribution is 0.594. The van der Waals surface area contributed by atoms with E-state index in [0.29, 0.717) is 0 Å². The lowest BCUT2D eigenvalue weighted by atomic mass is 10.0. The number of benzene rings is 1. The quantitative estimate of drug-likeness (QED) is 0.391. The summed E-state index contributed by atoms with van der Waals surface area (Å²) in [6.45, 7) is 2.08. The molecule has 0 spiro atoms. The van der Waals surface area contributed by atoms with Crippen LogP contribution in [0.5, 0.6) is 0 Å². The molecule has 0 aliphatic carbocycles. The summed E-state index contributed by atoms with van der Waals surface area (Å²) >= 11 is 0. The van der Waals surface area contributed by atoms with Crippen molar-refractivity contribution in [2.75, 3.05) is 0 Å². The number of unbranched alkanes of at least 4 members (excludes halogenated alkanes) is 1. The molecule has 0 heterocycles. The summed E-state index contributed by atoms with van der Waals surface area (Å²) in [6.07, 6.45) is 2.87. The topological polar surface area (TPSA) is 48.8 Å². The molecule has 15 heavy (non-hydrogen) atoms. The third-order valence-electron chi connectivity index (χ3n) is 2.28. The zero-order valence-electron chi connectivity index (χ0n) is 8.73. The van der Waals surface area contributed by atoms with Crippen molar-refractivity contribution in [2.45, 2.75) is 32.2 Å². The predicted octanol–water partition coefficient (Wildman–Crippen LogP) is 4.37. The van der Waals surface area contributed by atoms with Crippen molar-refractivity contribution in [1.82, 2.24) is 0 Å². The summed E-state index contributed by atoms with van der Waals surface area (Å²) in [5, 5.41) is 3.72. The fourth-order valence-electron chi connectivity index (χ4n) is 1.44. The molecule has 0 radical (unpaired) electrons. The summed E-state index contributed by atoms with van der Waals surface area (Å²) in [5.74, 6) is -0.270. The molecule has 3 nitrogen and oxygen atoms in total. The molecule has 0 unspecified atom stereocenters. The van der Waals surface area contributed by atoms with Gasteiger partial charge >= 0.3 is 0 Å². The Morgan fingerprint density at radius 2 is 2.07 bits per heavy atom. The first-order chi connectivity index (χ1) is 7.27. The van der Waals surface area contributed by atoms with Crippen molar-refractivity contribution < 1.29 is 4.39 Å². The summed E-state index contributed by atoms with van der Waals surface area (Å²) in [7, 11) is 0. The summed E-state index contributed by atoms with van der Waals surface area (Å²) < 4.78 is 12.7. The van der Waals surface area contributed by atoms with Gasteiger partial charge in [0.05, 0.1) is 6.04 Å². The average Bonchev–Trinajstić information content (AvgIpc) is 2.25. The van der Waals surface area contributed by atoms with Crippen LogP contribution in [0.15, 0.2) is 29.4 Å². The Morgan fingerprint density at radius 3 is 2.60 bits per heavy atom. The van der Waals surface area contributed by atoms with Gasteiger partial charge in [-0.3, -0.25) is 0 Å². The van der Waals surface area contributed by atoms with Crippen LogP contribution in [-0.2, 0) is 0 Å². The summed E-state index contributed by atoms with van der Waals surface area (Å²) in [5.41, 5.74) is 9.31. The summed E-state index contributed by atoms with van der Waals surface area (Å²) in [6, 6.07) is 5.95. The monoisotopic (exact) mass is 207 g/mol. The zero-order valence-corrected chi connectivity index (χ0v) is 8.73. The van der Waals surface area contributed by atoms with Crippen LogP contribution in [0.3, 0.4) is 0 Å². The van der Waals surface area contributed by atoms with Crippen molar-refractivity contribution >= 4 is 0 Å². The van der Waals surface area contributed by atoms with Gasteiger partial charge in [0.2, 0.25) is 0 Å². The van der Waals surface area contributed by atoms with Crippen molar-refractivity contribution in [3.8, 4) is 0 Å². The lowest BCUT2D eigenvalue weighted by Gasteiger charge is -2.10. The molecule has 0 aliphatic heterocycles. The first-order valence-corrected chi connectivity index (χ1v) is 5.07. The highest BCUT2D eigenvalue weighted by Gasteiger charge is 2.08. The fourth-order valence-corrected chi connectivity index (χ4v) is 1.44. The highest BCUT2D eigenvalue weighted by atomic mass is 19.1. The number of nitrogens with zero attached hydrogens (tertiary/aromatic N) is 3. The molecule has 1 aromatic rings. The molecule has 80 valence electrons. The average molecular weight is 207 g/mol. The summed E-state index contributed by atoms with van der Waals surface area (Å²) in [4.78, 5) is 2.82. The van der Waals surface area contributed by atoms with Crippen LogP contribution in [0.25, 0.3) is 10.4 Å². The van der Waals surface area contributed by atoms with Crippen LogP contribution in [0, 0.1) is 5.82 Å². The molecule has 0 fully saturated rings. The van der Waals surface area contributed by atoms with Gasteiger partial charge in [-0.25, -0.2) is 4.39 Å². The molecule has 0 aliphatic rings. The molecule has 4 heteroatoms. The molecule has 0 aromatic heterocycles. The molecule has 0 amide bonds. The second kappa shape index (κ2) is 6.04. The third-order valence-corrected chi connectivity index (χ3v) is 2.28. The molecule has 1 atom stereocenters. The molecule has 0 N–H and O–H groups in total. The maximum atomic E-state index is 12.7. The van der Waals surface area contributed by atoms with Gasteiger partial charge in [-0.15, -0.1) is 0 Å². The van der Waals surface area contributed by atoms with Crippen LogP contribution in [-0.4, -0.2) is 0 Å². The van der Waals surface area contributed by atoms with Crippen molar-refractivity contribution in [3.63, 3.8) is 0 Å². The Bertz CT molecular complexity index is 341. The van der Waals surface area contributed by atoms with Crippen molar-refractivity contribution in [3.05, 3.63) is 46.1 Å². The van der Waals surface area contributed by atoms with Gasteiger partial charge in [0, 0.05) is 4.91 Å². The number of azide groups is 1. The van der Waals surface area contributed by atoms with Gasteiger partial charge in [0.1, 0.15) is 5.82 Å². The highest BCUT2D eigenvalue weighted by molar-refractivity contribution is 5.19. The highest BCUT2D eigenvalue weighted by Crippen LogP contribution is 2.23. The van der Waals surface area contributed by atoms with Gasteiger partial charge < -0.3 is 0 Å². The van der Waals surface area contributed by atoms with E-state index in [1.807, 2.05) is 0 Å². The molecule has 0 saturated heterocycles. The van der Waals surface area contributed by atoms with Crippen LogP contribution < -0.4 is 0 Å². The van der Waals surface area contributed by atoms with E-state index in [1.54, 1.807) is 12.1 Å². The third kappa shape index (κ3) is 3.60. The predicted molar refractivity (Wildman–Crippen MR) is 57.8 cm³/mol. The zero-order chi connectivity index (χ0) is 11.1. The maximum absolute atomic E-state index is 12.7. The minimum Gasteiger partial charge on any atom is -0.207 e. The largest absolute Gasteiger partial charge is 0.207 e. The van der Waals surface area contributed by atoms with Crippen molar-refractivity contribution in [2.24, 2.45) is 5.11 Å². The Labute approximate surface area is 88.6 Å². The standard InChI is InChI=1S/C11H14FN3/c1-2-3-4-11(14-15-13)9-5-7-10(12)8-6-9/h5-8,11H,2-4H2,1H3/t11-/m0/s1. The molecule has 1 rings (SSSR count). The minimum atomic E-state index is -0.270. The van der Waals surface area contributed by atoms with Gasteiger partial charge in [0.25, 0.3) is 0 Å². The molecular weight excluding hydrogens is 193 g/mol. The number of hydrogen-bond donors (Lipinski definition) is 0. The normalized spacial score (nSPS) is 11.9. The first kappa shape index (κ1) is 11.5. The Kier molecular flexibility index (Phi) is 4.64. The fraction of sp³-hybridized carbons (Fsp3) is 0.455. The van der Waals surface area contributed by atoms with E-state index in [0.717, 1.165) is 24.8 Å². The Hall–Kier alpha value is -1.54. The molecular formula is C11H14FN3. The van der Waals surface area contributed by atoms with Crippen LogP contribution >= 0.6 is 0 Å².